The molecule has 0 spiro atoms. The highest BCUT2D eigenvalue weighted by atomic mass is 16.6. The van der Waals surface area contributed by atoms with Crippen LogP contribution in [0, 0.1) is 0 Å². The number of benzene rings is 1. The molecule has 0 bridgehead atoms. The number of methoxy groups -OCH3 is 1. The van der Waals surface area contributed by atoms with Gasteiger partial charge in [0.15, 0.2) is 32.8 Å². The van der Waals surface area contributed by atoms with E-state index in [4.69, 9.17) is 14.2 Å². The van der Waals surface area contributed by atoms with Gasteiger partial charge >= 0.3 is 0 Å². The van der Waals surface area contributed by atoms with Crippen molar-refractivity contribution >= 4 is 38.2 Å². The number of aromatic nitrogens is 3. The predicted octanol–water partition coefficient (Wildman–Crippen LogP) is -0.835. The lowest BCUT2D eigenvalue weighted by molar-refractivity contribution is 0.100. The third-order valence-electron chi connectivity index (χ3n) is 4.35. The van der Waals surface area contributed by atoms with Crippen molar-refractivity contribution in [3.63, 3.8) is 0 Å². The number of fused-ring (bicyclic) bond motifs is 2. The summed E-state index contributed by atoms with van der Waals surface area (Å²) in [6, 6.07) is 7.98. The van der Waals surface area contributed by atoms with Crippen molar-refractivity contribution < 1.29 is 14.2 Å². The minimum absolute atomic E-state index is 0.0209. The topological polar surface area (TPSA) is 58.4 Å². The van der Waals surface area contributed by atoms with Crippen LogP contribution < -0.4 is 25.5 Å². The molecule has 3 aromatic rings. The molecular weight excluding hydrogens is 316 g/mol. The summed E-state index contributed by atoms with van der Waals surface area (Å²) >= 11 is 0. The lowest BCUT2D eigenvalue weighted by Gasteiger charge is -2.26. The van der Waals surface area contributed by atoms with Gasteiger partial charge in [0.2, 0.25) is 5.75 Å². The van der Waals surface area contributed by atoms with Crippen molar-refractivity contribution in [2.75, 3.05) is 13.7 Å². The Labute approximate surface area is 147 Å². The SMILES string of the molecule is Bc1ccc2nc(B)n(Cc3cc(OC)c4c(c3)OC(C)CO4)c2n1. The van der Waals surface area contributed by atoms with Crippen LogP contribution in [0.15, 0.2) is 24.3 Å². The van der Waals surface area contributed by atoms with E-state index in [-0.39, 0.29) is 6.10 Å². The maximum Gasteiger partial charge on any atom is 0.203 e. The summed E-state index contributed by atoms with van der Waals surface area (Å²) in [5.74, 6) is 2.08. The molecule has 1 aliphatic heterocycles. The molecule has 2 aromatic heterocycles. The standard InChI is InChI=1S/C17H19B2N3O3/c1-9-8-24-15-12(23-2)5-10(6-13(15)25-9)7-22-16-11(20-17(22)19)3-4-14(18)21-16/h3-6,9H,7-8,18-19H2,1-2H3. The Morgan fingerprint density at radius 2 is 2.12 bits per heavy atom. The summed E-state index contributed by atoms with van der Waals surface area (Å²) in [7, 11) is 5.62. The lowest BCUT2D eigenvalue weighted by Crippen LogP contribution is -2.26. The number of nitrogens with zero attached hydrogens (tertiary/aromatic N) is 3. The van der Waals surface area contributed by atoms with Crippen molar-refractivity contribution in [1.29, 1.82) is 0 Å². The maximum absolute atomic E-state index is 5.93. The first-order valence-electron chi connectivity index (χ1n) is 8.36. The van der Waals surface area contributed by atoms with Crippen LogP contribution >= 0.6 is 0 Å². The zero-order valence-electron chi connectivity index (χ0n) is 14.9. The minimum atomic E-state index is 0.0209. The van der Waals surface area contributed by atoms with Crippen molar-refractivity contribution in [2.45, 2.75) is 19.6 Å². The van der Waals surface area contributed by atoms with Crippen LogP contribution in [0.1, 0.15) is 12.5 Å². The molecule has 6 nitrogen and oxygen atoms in total. The number of pyridine rings is 1. The van der Waals surface area contributed by atoms with Crippen LogP contribution in [0.2, 0.25) is 0 Å². The average Bonchev–Trinajstić information content (AvgIpc) is 2.89. The van der Waals surface area contributed by atoms with Gasteiger partial charge in [-0.25, -0.2) is 9.97 Å². The van der Waals surface area contributed by atoms with E-state index in [1.807, 2.05) is 46.9 Å². The van der Waals surface area contributed by atoms with E-state index in [9.17, 15) is 0 Å². The molecular formula is C17H19B2N3O3. The largest absolute Gasteiger partial charge is 0.493 e. The summed E-state index contributed by atoms with van der Waals surface area (Å²) in [5.41, 5.74) is 4.75. The quantitative estimate of drug-likeness (QED) is 0.585. The molecule has 0 amide bonds. The second-order valence-corrected chi connectivity index (χ2v) is 6.41. The number of ether oxygens (including phenoxy) is 3. The van der Waals surface area contributed by atoms with E-state index < -0.39 is 0 Å². The monoisotopic (exact) mass is 335 g/mol. The highest BCUT2D eigenvalue weighted by Crippen LogP contribution is 2.41. The summed E-state index contributed by atoms with van der Waals surface area (Å²) in [6.45, 7) is 3.15. The molecule has 1 unspecified atom stereocenters. The van der Waals surface area contributed by atoms with Gasteiger partial charge in [-0.15, -0.1) is 0 Å². The molecule has 3 heterocycles. The van der Waals surface area contributed by atoms with Crippen molar-refractivity contribution in [1.82, 2.24) is 14.5 Å². The van der Waals surface area contributed by atoms with Crippen LogP contribution in [0.3, 0.4) is 0 Å². The zero-order valence-corrected chi connectivity index (χ0v) is 14.9. The molecule has 25 heavy (non-hydrogen) atoms. The Morgan fingerprint density at radius 1 is 1.28 bits per heavy atom. The normalized spacial score (nSPS) is 16.2. The Bertz CT molecular complexity index is 958. The van der Waals surface area contributed by atoms with Crippen molar-refractivity contribution in [3.8, 4) is 17.2 Å². The Morgan fingerprint density at radius 3 is 2.92 bits per heavy atom. The molecule has 4 rings (SSSR count). The molecule has 1 atom stereocenters. The fraction of sp³-hybridized carbons (Fsp3) is 0.294. The van der Waals surface area contributed by atoms with Crippen molar-refractivity contribution in [3.05, 3.63) is 29.8 Å². The number of rotatable bonds is 3. The first kappa shape index (κ1) is 15.9. The second kappa shape index (κ2) is 6.02. The first-order valence-corrected chi connectivity index (χ1v) is 8.36. The molecule has 0 saturated heterocycles. The highest BCUT2D eigenvalue weighted by Gasteiger charge is 2.23. The number of hydrogen-bond acceptors (Lipinski definition) is 5. The Hall–Kier alpha value is -2.63. The molecule has 1 aliphatic rings. The third-order valence-corrected chi connectivity index (χ3v) is 4.35. The Balaban J connectivity index is 1.78. The summed E-state index contributed by atoms with van der Waals surface area (Å²) in [5, 5.41) is 0. The van der Waals surface area contributed by atoms with Crippen LogP contribution in [-0.2, 0) is 6.54 Å². The molecule has 126 valence electrons. The van der Waals surface area contributed by atoms with Gasteiger partial charge in [0.25, 0.3) is 0 Å². The lowest BCUT2D eigenvalue weighted by atomic mass is 10.0. The van der Waals surface area contributed by atoms with E-state index in [1.165, 1.54) is 0 Å². The molecule has 0 N–H and O–H groups in total. The van der Waals surface area contributed by atoms with Gasteiger partial charge in [-0.1, -0.05) is 0 Å². The Kier molecular flexibility index (Phi) is 3.82. The van der Waals surface area contributed by atoms with Crippen LogP contribution in [0.5, 0.6) is 17.2 Å². The summed E-state index contributed by atoms with van der Waals surface area (Å²) < 4.78 is 19.3. The van der Waals surface area contributed by atoms with Gasteiger partial charge in [0, 0.05) is 0 Å². The van der Waals surface area contributed by atoms with Gasteiger partial charge < -0.3 is 18.8 Å². The van der Waals surface area contributed by atoms with Crippen LogP contribution in [-0.4, -0.2) is 50.0 Å². The second-order valence-electron chi connectivity index (χ2n) is 6.41. The smallest absolute Gasteiger partial charge is 0.203 e. The van der Waals surface area contributed by atoms with E-state index in [0.29, 0.717) is 24.7 Å². The third kappa shape index (κ3) is 2.81. The predicted molar refractivity (Wildman–Crippen MR) is 102 cm³/mol. The molecule has 0 fully saturated rings. The van der Waals surface area contributed by atoms with E-state index in [2.05, 4.69) is 14.5 Å². The van der Waals surface area contributed by atoms with Gasteiger partial charge in [-0.05, 0) is 42.3 Å². The average molecular weight is 335 g/mol. The van der Waals surface area contributed by atoms with Gasteiger partial charge in [0.05, 0.1) is 19.4 Å². The summed E-state index contributed by atoms with van der Waals surface area (Å²) in [4.78, 5) is 9.25. The number of hydrogen-bond donors (Lipinski definition) is 0. The molecule has 8 heteroatoms. The minimum Gasteiger partial charge on any atom is -0.493 e. The fourth-order valence-corrected chi connectivity index (χ4v) is 3.14. The molecule has 0 radical (unpaired) electrons. The highest BCUT2D eigenvalue weighted by molar-refractivity contribution is 6.32. The summed E-state index contributed by atoms with van der Waals surface area (Å²) in [6.07, 6.45) is 0.0209. The maximum atomic E-state index is 5.93. The molecule has 1 aromatic carbocycles. The van der Waals surface area contributed by atoms with E-state index in [0.717, 1.165) is 33.8 Å². The first-order chi connectivity index (χ1) is 12.0. The van der Waals surface area contributed by atoms with E-state index >= 15 is 0 Å². The van der Waals surface area contributed by atoms with Gasteiger partial charge in [0.1, 0.15) is 18.2 Å². The molecule has 0 aliphatic carbocycles. The number of imidazole rings is 1. The molecule has 0 saturated carbocycles. The zero-order chi connectivity index (χ0) is 17.6. The van der Waals surface area contributed by atoms with Crippen LogP contribution in [0.25, 0.3) is 11.2 Å². The van der Waals surface area contributed by atoms with Crippen LogP contribution in [0.4, 0.5) is 0 Å². The fourth-order valence-electron chi connectivity index (χ4n) is 3.14. The van der Waals surface area contributed by atoms with Crippen molar-refractivity contribution in [2.24, 2.45) is 0 Å². The van der Waals surface area contributed by atoms with E-state index in [1.54, 1.807) is 7.11 Å². The van der Waals surface area contributed by atoms with Gasteiger partial charge in [-0.3, -0.25) is 0 Å². The van der Waals surface area contributed by atoms with Gasteiger partial charge in [-0.2, -0.15) is 0 Å².